The fraction of sp³-hybridized carbons (Fsp3) is 0.324. The van der Waals surface area contributed by atoms with Crippen molar-refractivity contribution in [2.24, 2.45) is 5.92 Å². The number of thioether (sulfide) groups is 1. The van der Waals surface area contributed by atoms with Gasteiger partial charge in [0.1, 0.15) is 5.82 Å². The molecule has 0 aromatic heterocycles. The summed E-state index contributed by atoms with van der Waals surface area (Å²) in [4.78, 5) is 16.6. The van der Waals surface area contributed by atoms with Crippen LogP contribution >= 0.6 is 11.8 Å². The van der Waals surface area contributed by atoms with Crippen molar-refractivity contribution < 1.29 is 18.0 Å². The van der Waals surface area contributed by atoms with Gasteiger partial charge < -0.3 is 10.2 Å². The molecule has 3 nitrogen and oxygen atoms in total. The number of amides is 1. The summed E-state index contributed by atoms with van der Waals surface area (Å²) >= 11 is 1.41. The number of allylic oxidation sites excluding steroid dienone is 6. The molecule has 0 fully saturated rings. The molecule has 2 aromatic carbocycles. The second-order valence-electron chi connectivity index (χ2n) is 10.2. The van der Waals surface area contributed by atoms with Gasteiger partial charge in [-0.05, 0) is 55.2 Å². The molecule has 7 heteroatoms. The third-order valence-electron chi connectivity index (χ3n) is 6.94. The van der Waals surface area contributed by atoms with Gasteiger partial charge in [0.05, 0.1) is 4.91 Å². The Balaban J connectivity index is 1.91. The molecule has 2 aromatic rings. The Labute approximate surface area is 246 Å². The van der Waals surface area contributed by atoms with E-state index in [9.17, 15) is 13.6 Å². The number of rotatable bonds is 12. The van der Waals surface area contributed by atoms with Crippen LogP contribution in [0.4, 0.5) is 18.9 Å². The maximum absolute atomic E-state index is 15.5. The lowest BCUT2D eigenvalue weighted by Gasteiger charge is -2.25. The van der Waals surface area contributed by atoms with E-state index in [1.165, 1.54) is 42.1 Å². The average Bonchev–Trinajstić information content (AvgIpc) is 2.94. The highest BCUT2D eigenvalue weighted by atomic mass is 32.2. The van der Waals surface area contributed by atoms with Gasteiger partial charge in [-0.1, -0.05) is 80.6 Å². The van der Waals surface area contributed by atoms with E-state index in [1.807, 2.05) is 44.2 Å². The smallest absolute Gasteiger partial charge is 0.276 e. The van der Waals surface area contributed by atoms with Gasteiger partial charge in [-0.15, -0.1) is 6.58 Å². The number of carbonyl (C=O) groups is 1. The van der Waals surface area contributed by atoms with Crippen LogP contribution in [0, 0.1) is 11.7 Å². The maximum Gasteiger partial charge on any atom is 0.276 e. The van der Waals surface area contributed by atoms with Crippen LogP contribution in [0.2, 0.25) is 0 Å². The van der Waals surface area contributed by atoms with Crippen LogP contribution in [-0.4, -0.2) is 30.8 Å². The van der Waals surface area contributed by atoms with Crippen molar-refractivity contribution in [1.29, 1.82) is 0 Å². The van der Waals surface area contributed by atoms with Gasteiger partial charge in [0.25, 0.3) is 11.8 Å². The van der Waals surface area contributed by atoms with Gasteiger partial charge in [-0.3, -0.25) is 4.79 Å². The van der Waals surface area contributed by atoms with E-state index in [1.54, 1.807) is 25.1 Å². The van der Waals surface area contributed by atoms with Gasteiger partial charge in [-0.2, -0.15) is 0 Å². The fourth-order valence-corrected chi connectivity index (χ4v) is 5.77. The molecule has 1 unspecified atom stereocenters. The van der Waals surface area contributed by atoms with E-state index in [2.05, 4.69) is 24.9 Å². The van der Waals surface area contributed by atoms with E-state index >= 15 is 4.39 Å². The Morgan fingerprint density at radius 3 is 2.44 bits per heavy atom. The Morgan fingerprint density at radius 1 is 1.15 bits per heavy atom. The number of nitrogens with zero attached hydrogens (tertiary/aromatic N) is 1. The molecule has 1 aliphatic rings. The summed E-state index contributed by atoms with van der Waals surface area (Å²) in [6.07, 6.45) is 7.73. The summed E-state index contributed by atoms with van der Waals surface area (Å²) in [5.41, 5.74) is 2.58. The molecular weight excluding hydrogens is 541 g/mol. The van der Waals surface area contributed by atoms with Crippen molar-refractivity contribution in [2.75, 3.05) is 19.4 Å². The van der Waals surface area contributed by atoms with E-state index < -0.39 is 18.2 Å². The summed E-state index contributed by atoms with van der Waals surface area (Å²) in [6.45, 7) is 9.40. The Kier molecular flexibility index (Phi) is 11.3. The first-order valence-electron chi connectivity index (χ1n) is 13.9. The zero-order valence-corrected chi connectivity index (χ0v) is 25.3. The number of anilines is 1. The molecule has 0 radical (unpaired) electrons. The van der Waals surface area contributed by atoms with E-state index in [0.29, 0.717) is 23.4 Å². The molecule has 1 heterocycles. The number of hydrogen-bond donors (Lipinski definition) is 1. The highest BCUT2D eigenvalue weighted by Crippen LogP contribution is 2.44. The summed E-state index contributed by atoms with van der Waals surface area (Å²) in [6, 6.07) is 14.3. The summed E-state index contributed by atoms with van der Waals surface area (Å²) in [7, 11) is 3.36. The molecule has 3 rings (SSSR count). The van der Waals surface area contributed by atoms with Gasteiger partial charge in [0.2, 0.25) is 0 Å². The lowest BCUT2D eigenvalue weighted by atomic mass is 9.95. The van der Waals surface area contributed by atoms with Gasteiger partial charge in [0, 0.05) is 53.9 Å². The number of carbonyl (C=O) groups excluding carboxylic acids is 1. The minimum atomic E-state index is -3.13. The van der Waals surface area contributed by atoms with Crippen molar-refractivity contribution in [3.8, 4) is 0 Å². The second-order valence-corrected chi connectivity index (χ2v) is 11.3. The molecule has 1 aliphatic heterocycles. The zero-order valence-electron chi connectivity index (χ0n) is 24.4. The third-order valence-corrected chi connectivity index (χ3v) is 8.24. The standard InChI is InChI=1S/C34H39F3N2OS/c1-7-10-16-26(34(36,37)19-8-2)21-30(39(5)6)28-18-17-27(22-29(28)35)38-33(40)32-23(4)24(9-3)20-31(41-32)25-14-12-11-13-15-25/h8,11-18,20-22,24H,2,7,9-10,19H2,1,3-6H3,(H,38,40). The molecular formula is C34H39F3N2OS. The molecule has 0 saturated carbocycles. The van der Waals surface area contributed by atoms with Crippen LogP contribution in [-0.2, 0) is 4.79 Å². The minimum absolute atomic E-state index is 0.119. The highest BCUT2D eigenvalue weighted by Gasteiger charge is 2.32. The molecule has 1 atom stereocenters. The van der Waals surface area contributed by atoms with Crippen LogP contribution in [0.25, 0.3) is 10.6 Å². The first kappa shape index (κ1) is 32.1. The predicted molar refractivity (Wildman–Crippen MR) is 168 cm³/mol. The van der Waals surface area contributed by atoms with Crippen LogP contribution in [0.3, 0.4) is 0 Å². The van der Waals surface area contributed by atoms with E-state index in [-0.39, 0.29) is 28.6 Å². The van der Waals surface area contributed by atoms with Crippen LogP contribution < -0.4 is 5.32 Å². The largest absolute Gasteiger partial charge is 0.377 e. The molecule has 0 spiro atoms. The highest BCUT2D eigenvalue weighted by molar-refractivity contribution is 8.12. The predicted octanol–water partition coefficient (Wildman–Crippen LogP) is 9.69. The first-order valence-corrected chi connectivity index (χ1v) is 14.7. The number of alkyl halides is 2. The van der Waals surface area contributed by atoms with Crippen LogP contribution in [0.1, 0.15) is 57.6 Å². The maximum atomic E-state index is 15.5. The third kappa shape index (κ3) is 8.07. The Morgan fingerprint density at radius 2 is 1.85 bits per heavy atom. The minimum Gasteiger partial charge on any atom is -0.377 e. The number of nitrogens with one attached hydrogen (secondary N) is 1. The lowest BCUT2D eigenvalue weighted by Crippen LogP contribution is -2.20. The SMILES string of the molecule is C=CCC(F)(F)C(C=C(c1ccc(NC(=O)C2=C(C)C(CC)C=C(c3ccccc3)S2)cc1F)N(C)C)=CCCC. The lowest BCUT2D eigenvalue weighted by molar-refractivity contribution is -0.112. The summed E-state index contributed by atoms with van der Waals surface area (Å²) in [5.74, 6) is -3.94. The van der Waals surface area contributed by atoms with Gasteiger partial charge >= 0.3 is 0 Å². The van der Waals surface area contributed by atoms with E-state index in [4.69, 9.17) is 0 Å². The van der Waals surface area contributed by atoms with E-state index in [0.717, 1.165) is 22.5 Å². The van der Waals surface area contributed by atoms with Crippen LogP contribution in [0.15, 0.2) is 95.5 Å². The molecule has 218 valence electrons. The first-order chi connectivity index (χ1) is 19.5. The number of halogens is 3. The monoisotopic (exact) mass is 580 g/mol. The molecule has 0 aliphatic carbocycles. The summed E-state index contributed by atoms with van der Waals surface area (Å²) < 4.78 is 45.3. The number of hydrogen-bond acceptors (Lipinski definition) is 3. The Bertz CT molecular complexity index is 1370. The topological polar surface area (TPSA) is 32.3 Å². The van der Waals surface area contributed by atoms with Gasteiger partial charge in [-0.25, -0.2) is 13.2 Å². The Hall–Kier alpha value is -3.45. The molecule has 1 N–H and O–H groups in total. The zero-order chi connectivity index (χ0) is 30.2. The van der Waals surface area contributed by atoms with Crippen molar-refractivity contribution in [2.45, 2.75) is 52.4 Å². The van der Waals surface area contributed by atoms with Gasteiger partial charge in [0.15, 0.2) is 0 Å². The molecule has 0 bridgehead atoms. The van der Waals surface area contributed by atoms with Crippen molar-refractivity contribution in [3.05, 3.63) is 112 Å². The molecule has 41 heavy (non-hydrogen) atoms. The van der Waals surface area contributed by atoms with Crippen molar-refractivity contribution in [1.82, 2.24) is 4.90 Å². The molecule has 0 saturated heterocycles. The van der Waals surface area contributed by atoms with Crippen LogP contribution in [0.5, 0.6) is 0 Å². The number of benzene rings is 2. The average molecular weight is 581 g/mol. The molecule has 1 amide bonds. The summed E-state index contributed by atoms with van der Waals surface area (Å²) in [5, 5.41) is 2.84. The quantitative estimate of drug-likeness (QED) is 0.200. The van der Waals surface area contributed by atoms with Crippen molar-refractivity contribution in [3.63, 3.8) is 0 Å². The normalized spacial score (nSPS) is 16.4. The van der Waals surface area contributed by atoms with Crippen molar-refractivity contribution >= 4 is 34.0 Å². The number of unbranched alkanes of at least 4 members (excludes halogenated alkanes) is 1. The second kappa shape index (κ2) is 14.4. The fourth-order valence-electron chi connectivity index (χ4n) is 4.60.